The number of aryl methyl sites for hydroxylation is 7. The third kappa shape index (κ3) is 7.77. The molecule has 0 spiro atoms. The standard InChI is InChI=1S/C15H15NS.C15H15N.C15H17N.CH4/c1-10-4-6-12-14(8-10)17-15-9-11(2)5-7-13(15)16(12)3;1-10-4-6-14-12(8-10)13-9-11(2)5-7-15(13)16(14)3;1-12-4-8-14(9-5-12)16(3)15-10-6-13(2)7-11-15;/h4-9H,1-3H3;4-9H,1-3H3;4-11H,1-3H3;1H4. The first kappa shape index (κ1) is 36.4. The van der Waals surface area contributed by atoms with E-state index in [0.717, 1.165) is 0 Å². The van der Waals surface area contributed by atoms with Gasteiger partial charge < -0.3 is 14.4 Å². The predicted octanol–water partition coefficient (Wildman–Crippen LogP) is 13.2. The summed E-state index contributed by atoms with van der Waals surface area (Å²) in [6.07, 6.45) is 0. The Kier molecular flexibility index (Phi) is 11.1. The summed E-state index contributed by atoms with van der Waals surface area (Å²) in [5.41, 5.74) is 15.5. The first-order valence-corrected chi connectivity index (χ1v) is 17.8. The molecule has 4 heteroatoms. The van der Waals surface area contributed by atoms with Crippen molar-refractivity contribution in [3.8, 4) is 0 Å². The molecule has 50 heavy (non-hydrogen) atoms. The smallest absolute Gasteiger partial charge is 0.0550 e. The van der Waals surface area contributed by atoms with E-state index in [0.29, 0.717) is 0 Å². The van der Waals surface area contributed by atoms with E-state index in [2.05, 4.69) is 198 Å². The summed E-state index contributed by atoms with van der Waals surface area (Å²) in [5, 5.41) is 2.72. The number of hydrogen-bond donors (Lipinski definition) is 0. The Labute approximate surface area is 304 Å². The van der Waals surface area contributed by atoms with E-state index >= 15 is 0 Å². The molecule has 0 saturated carbocycles. The Morgan fingerprint density at radius 2 is 0.780 bits per heavy atom. The van der Waals surface area contributed by atoms with E-state index in [1.165, 1.54) is 87.7 Å². The van der Waals surface area contributed by atoms with Crippen LogP contribution in [0.1, 0.15) is 40.8 Å². The Morgan fingerprint density at radius 1 is 0.440 bits per heavy atom. The summed E-state index contributed by atoms with van der Waals surface area (Å²) in [4.78, 5) is 7.18. The van der Waals surface area contributed by atoms with E-state index in [9.17, 15) is 0 Å². The first-order valence-electron chi connectivity index (χ1n) is 16.9. The normalized spacial score (nSPS) is 11.4. The van der Waals surface area contributed by atoms with Crippen molar-refractivity contribution in [1.82, 2.24) is 4.57 Å². The highest BCUT2D eigenvalue weighted by Crippen LogP contribution is 2.47. The van der Waals surface area contributed by atoms with Crippen molar-refractivity contribution < 1.29 is 0 Å². The van der Waals surface area contributed by atoms with Crippen LogP contribution in [0.4, 0.5) is 22.7 Å². The van der Waals surface area contributed by atoms with E-state index < -0.39 is 0 Å². The molecule has 0 bridgehead atoms. The maximum atomic E-state index is 2.28. The first-order chi connectivity index (χ1) is 23.5. The van der Waals surface area contributed by atoms with Crippen molar-refractivity contribution >= 4 is 56.3 Å². The molecule has 1 aliphatic rings. The van der Waals surface area contributed by atoms with E-state index in [4.69, 9.17) is 0 Å². The lowest BCUT2D eigenvalue weighted by atomic mass is 10.1. The van der Waals surface area contributed by atoms with Crippen molar-refractivity contribution in [2.45, 2.75) is 58.8 Å². The van der Waals surface area contributed by atoms with Gasteiger partial charge in [0.15, 0.2) is 0 Å². The van der Waals surface area contributed by atoms with Crippen LogP contribution in [0.15, 0.2) is 131 Å². The molecule has 0 saturated heterocycles. The fourth-order valence-corrected chi connectivity index (χ4v) is 7.69. The van der Waals surface area contributed by atoms with Crippen molar-refractivity contribution in [3.05, 3.63) is 155 Å². The van der Waals surface area contributed by atoms with Crippen LogP contribution >= 0.6 is 11.8 Å². The summed E-state index contributed by atoms with van der Waals surface area (Å²) in [6, 6.07) is 43.8. The molecule has 0 radical (unpaired) electrons. The molecule has 7 aromatic rings. The van der Waals surface area contributed by atoms with Crippen molar-refractivity contribution in [3.63, 3.8) is 0 Å². The minimum absolute atomic E-state index is 0. The molecule has 0 fully saturated rings. The molecule has 0 N–H and O–H groups in total. The Balaban J connectivity index is 0.000000144. The van der Waals surface area contributed by atoms with Gasteiger partial charge >= 0.3 is 0 Å². The number of aromatic nitrogens is 1. The Bertz CT molecular complexity index is 2090. The third-order valence-electron chi connectivity index (χ3n) is 9.33. The average Bonchev–Trinajstić information content (AvgIpc) is 3.35. The highest BCUT2D eigenvalue weighted by atomic mass is 32.2. The number of fused-ring (bicyclic) bond motifs is 5. The molecule has 2 heterocycles. The van der Waals surface area contributed by atoms with E-state index in [1.807, 2.05) is 11.8 Å². The summed E-state index contributed by atoms with van der Waals surface area (Å²) < 4.78 is 2.27. The lowest BCUT2D eigenvalue weighted by Gasteiger charge is -2.29. The second-order valence-corrected chi connectivity index (χ2v) is 14.5. The summed E-state index contributed by atoms with van der Waals surface area (Å²) in [7, 11) is 6.37. The minimum Gasteiger partial charge on any atom is -0.345 e. The van der Waals surface area contributed by atoms with E-state index in [-0.39, 0.29) is 7.43 Å². The zero-order valence-electron chi connectivity index (χ0n) is 30.3. The van der Waals surface area contributed by atoms with Crippen LogP contribution in [0.2, 0.25) is 0 Å². The van der Waals surface area contributed by atoms with Crippen molar-refractivity contribution in [2.24, 2.45) is 7.05 Å². The fraction of sp³-hybridized carbons (Fsp3) is 0.217. The second-order valence-electron chi connectivity index (χ2n) is 13.4. The Morgan fingerprint density at radius 3 is 1.18 bits per heavy atom. The molecule has 8 rings (SSSR count). The van der Waals surface area contributed by atoms with Crippen LogP contribution in [0, 0.1) is 41.5 Å². The lowest BCUT2D eigenvalue weighted by Crippen LogP contribution is -2.14. The lowest BCUT2D eigenvalue weighted by molar-refractivity contribution is 1.01. The van der Waals surface area contributed by atoms with Crippen LogP contribution in [0.3, 0.4) is 0 Å². The number of benzene rings is 6. The van der Waals surface area contributed by atoms with Crippen molar-refractivity contribution in [2.75, 3.05) is 23.9 Å². The summed E-state index contributed by atoms with van der Waals surface area (Å²) >= 11 is 1.87. The molecule has 6 aromatic carbocycles. The van der Waals surface area contributed by atoms with Gasteiger partial charge in [0.05, 0.1) is 11.4 Å². The molecule has 0 aliphatic carbocycles. The molecule has 0 unspecified atom stereocenters. The van der Waals surface area contributed by atoms with E-state index in [1.54, 1.807) is 0 Å². The van der Waals surface area contributed by atoms with Gasteiger partial charge in [0.1, 0.15) is 0 Å². The predicted molar refractivity (Wildman–Crippen MR) is 222 cm³/mol. The van der Waals surface area contributed by atoms with Gasteiger partial charge in [-0.05, 0) is 125 Å². The number of rotatable bonds is 2. The highest BCUT2D eigenvalue weighted by Gasteiger charge is 2.20. The van der Waals surface area contributed by atoms with Gasteiger partial charge in [-0.25, -0.2) is 0 Å². The molecular weight excluding hydrogens is 627 g/mol. The monoisotopic (exact) mass is 677 g/mol. The maximum Gasteiger partial charge on any atom is 0.0550 e. The Hall–Kier alpha value is -4.93. The van der Waals surface area contributed by atoms with Gasteiger partial charge in [0.2, 0.25) is 0 Å². The summed E-state index contributed by atoms with van der Waals surface area (Å²) in [6.45, 7) is 12.8. The summed E-state index contributed by atoms with van der Waals surface area (Å²) in [5.74, 6) is 0. The van der Waals surface area contributed by atoms with Gasteiger partial charge in [-0.3, -0.25) is 0 Å². The average molecular weight is 678 g/mol. The van der Waals surface area contributed by atoms with Gasteiger partial charge in [-0.1, -0.05) is 90.0 Å². The highest BCUT2D eigenvalue weighted by molar-refractivity contribution is 7.99. The second kappa shape index (κ2) is 15.3. The van der Waals surface area contributed by atoms with Crippen LogP contribution in [-0.2, 0) is 7.05 Å². The minimum atomic E-state index is 0. The van der Waals surface area contributed by atoms with Gasteiger partial charge in [-0.15, -0.1) is 0 Å². The zero-order chi connectivity index (χ0) is 34.8. The fourth-order valence-electron chi connectivity index (χ4n) is 6.34. The SMILES string of the molecule is C.Cc1ccc(N(C)c2ccc(C)cc2)cc1.Cc1ccc2c(c1)Sc1cc(C)ccc1N2C.Cc1ccc2c(c1)c1cc(C)ccc1n2C. The molecule has 0 atom stereocenters. The molecule has 0 amide bonds. The van der Waals surface area contributed by atoms with Crippen LogP contribution in [0.5, 0.6) is 0 Å². The largest absolute Gasteiger partial charge is 0.345 e. The van der Waals surface area contributed by atoms with Gasteiger partial charge in [-0.2, -0.15) is 0 Å². The molecule has 256 valence electrons. The number of nitrogens with zero attached hydrogens (tertiary/aromatic N) is 3. The third-order valence-corrected chi connectivity index (χ3v) is 10.4. The molecule has 3 nitrogen and oxygen atoms in total. The van der Waals surface area contributed by atoms with Gasteiger partial charge in [0, 0.05) is 64.1 Å². The number of hydrogen-bond acceptors (Lipinski definition) is 3. The zero-order valence-corrected chi connectivity index (χ0v) is 31.1. The maximum absolute atomic E-state index is 2.28. The van der Waals surface area contributed by atoms with Crippen LogP contribution < -0.4 is 9.80 Å². The van der Waals surface area contributed by atoms with Gasteiger partial charge in [0.25, 0.3) is 0 Å². The molecule has 1 aromatic heterocycles. The van der Waals surface area contributed by atoms with Crippen molar-refractivity contribution in [1.29, 1.82) is 0 Å². The number of anilines is 4. The topological polar surface area (TPSA) is 11.4 Å². The molecular formula is C46H51N3S. The molecule has 1 aliphatic heterocycles. The van der Waals surface area contributed by atoms with Crippen LogP contribution in [0.25, 0.3) is 21.8 Å². The van der Waals surface area contributed by atoms with Crippen LogP contribution in [-0.4, -0.2) is 18.7 Å². The quantitative estimate of drug-likeness (QED) is 0.181.